The molecule has 0 saturated heterocycles. The van der Waals surface area contributed by atoms with Crippen LogP contribution in [0, 0.1) is 0 Å². The largest absolute Gasteiger partial charge is 0.458 e. The highest BCUT2D eigenvalue weighted by atomic mass is 16.6. The number of carbonyl (C=O) groups is 2. The Hall–Kier alpha value is -1.85. The van der Waals surface area contributed by atoms with E-state index >= 15 is 0 Å². The van der Waals surface area contributed by atoms with E-state index in [0.717, 1.165) is 51.4 Å². The van der Waals surface area contributed by atoms with Crippen molar-refractivity contribution < 1.29 is 19.1 Å². The second kappa shape index (κ2) is 6.28. The van der Waals surface area contributed by atoms with E-state index < -0.39 is 11.9 Å². The van der Waals surface area contributed by atoms with Crippen LogP contribution in [0.5, 0.6) is 0 Å². The first-order chi connectivity index (χ1) is 10.2. The van der Waals surface area contributed by atoms with Gasteiger partial charge in [-0.25, -0.2) is 14.6 Å². The van der Waals surface area contributed by atoms with Crippen LogP contribution in [0.1, 0.15) is 72.3 Å². The Kier molecular flexibility index (Phi) is 4.22. The number of hydrogen-bond donors (Lipinski definition) is 1. The average molecular weight is 292 g/mol. The first kappa shape index (κ1) is 14.1. The van der Waals surface area contributed by atoms with Crippen LogP contribution >= 0.6 is 0 Å². The molecule has 0 bridgehead atoms. The van der Waals surface area contributed by atoms with Gasteiger partial charge in [0.1, 0.15) is 12.2 Å². The zero-order chi connectivity index (χ0) is 14.7. The van der Waals surface area contributed by atoms with E-state index in [9.17, 15) is 9.59 Å². The number of carbonyl (C=O) groups excluding carboxylic acids is 2. The van der Waals surface area contributed by atoms with E-state index in [0.29, 0.717) is 0 Å². The lowest BCUT2D eigenvalue weighted by molar-refractivity contribution is 0.0261. The lowest BCUT2D eigenvalue weighted by atomic mass is 10.3. The molecule has 2 saturated carbocycles. The normalized spacial score (nSPS) is 19.8. The van der Waals surface area contributed by atoms with Crippen LogP contribution in [0.15, 0.2) is 6.33 Å². The summed E-state index contributed by atoms with van der Waals surface area (Å²) < 4.78 is 10.8. The summed E-state index contributed by atoms with van der Waals surface area (Å²) >= 11 is 0. The average Bonchev–Trinajstić information content (AvgIpc) is 3.20. The van der Waals surface area contributed by atoms with Gasteiger partial charge >= 0.3 is 11.9 Å². The lowest BCUT2D eigenvalue weighted by Crippen LogP contribution is -2.21. The van der Waals surface area contributed by atoms with Crippen LogP contribution in [0.25, 0.3) is 0 Å². The summed E-state index contributed by atoms with van der Waals surface area (Å²) in [5, 5.41) is 0. The summed E-state index contributed by atoms with van der Waals surface area (Å²) in [6.45, 7) is 0. The Morgan fingerprint density at radius 3 is 2.05 bits per heavy atom. The van der Waals surface area contributed by atoms with Crippen LogP contribution in [-0.4, -0.2) is 34.1 Å². The minimum absolute atomic E-state index is 0.0323. The summed E-state index contributed by atoms with van der Waals surface area (Å²) in [6.07, 6.45) is 9.11. The predicted octanol–water partition coefficient (Wildman–Crippen LogP) is 2.61. The number of esters is 2. The third kappa shape index (κ3) is 3.25. The second-order valence-electron chi connectivity index (χ2n) is 5.75. The minimum Gasteiger partial charge on any atom is -0.458 e. The van der Waals surface area contributed by atoms with Gasteiger partial charge in [0, 0.05) is 0 Å². The van der Waals surface area contributed by atoms with Crippen LogP contribution in [-0.2, 0) is 9.47 Å². The Balaban J connectivity index is 1.64. The van der Waals surface area contributed by atoms with Gasteiger partial charge < -0.3 is 14.5 Å². The maximum Gasteiger partial charge on any atom is 0.359 e. The van der Waals surface area contributed by atoms with Crippen molar-refractivity contribution in [1.29, 1.82) is 0 Å². The first-order valence-corrected chi connectivity index (χ1v) is 7.69. The second-order valence-corrected chi connectivity index (χ2v) is 5.75. The molecule has 2 aliphatic carbocycles. The molecule has 21 heavy (non-hydrogen) atoms. The Labute approximate surface area is 123 Å². The maximum atomic E-state index is 12.1. The topological polar surface area (TPSA) is 81.3 Å². The van der Waals surface area contributed by atoms with Gasteiger partial charge in [-0.1, -0.05) is 0 Å². The summed E-state index contributed by atoms with van der Waals surface area (Å²) in [4.78, 5) is 30.9. The molecule has 1 N–H and O–H groups in total. The number of nitrogens with one attached hydrogen (secondary N) is 1. The third-order valence-electron chi connectivity index (χ3n) is 4.19. The lowest BCUT2D eigenvalue weighted by Gasteiger charge is -2.12. The molecular formula is C15H20N2O4. The van der Waals surface area contributed by atoms with E-state index in [1.165, 1.54) is 6.33 Å². The Bertz CT molecular complexity index is 469. The molecule has 6 heteroatoms. The molecule has 0 amide bonds. The van der Waals surface area contributed by atoms with Crippen molar-refractivity contribution in [2.24, 2.45) is 0 Å². The van der Waals surface area contributed by atoms with Gasteiger partial charge in [-0.15, -0.1) is 0 Å². The Morgan fingerprint density at radius 1 is 0.952 bits per heavy atom. The molecule has 6 nitrogen and oxygen atoms in total. The van der Waals surface area contributed by atoms with Gasteiger partial charge in [0.2, 0.25) is 0 Å². The molecule has 0 unspecified atom stereocenters. The molecule has 2 aliphatic rings. The molecule has 1 aromatic heterocycles. The number of aromatic nitrogens is 2. The fourth-order valence-corrected chi connectivity index (χ4v) is 3.03. The molecule has 0 aliphatic heterocycles. The van der Waals surface area contributed by atoms with Crippen molar-refractivity contribution in [3.63, 3.8) is 0 Å². The molecule has 1 heterocycles. The molecular weight excluding hydrogens is 272 g/mol. The fourth-order valence-electron chi connectivity index (χ4n) is 3.03. The van der Waals surface area contributed by atoms with E-state index in [1.807, 2.05) is 0 Å². The van der Waals surface area contributed by atoms with Crippen molar-refractivity contribution >= 4 is 11.9 Å². The standard InChI is InChI=1S/C15H20N2O4/c18-14(20-10-5-1-2-6-10)12-13(17-9-16-12)15(19)21-11-7-3-4-8-11/h9-11H,1-8H2,(H,16,17). The SMILES string of the molecule is O=C(OC1CCCC1)c1nc[nH]c1C(=O)OC1CCCC1. The summed E-state index contributed by atoms with van der Waals surface area (Å²) in [7, 11) is 0. The van der Waals surface area contributed by atoms with E-state index in [-0.39, 0.29) is 23.6 Å². The maximum absolute atomic E-state index is 12.1. The van der Waals surface area contributed by atoms with Gasteiger partial charge in [0.25, 0.3) is 0 Å². The molecule has 3 rings (SSSR count). The quantitative estimate of drug-likeness (QED) is 0.863. The number of rotatable bonds is 4. The zero-order valence-electron chi connectivity index (χ0n) is 12.0. The number of hydrogen-bond acceptors (Lipinski definition) is 5. The molecule has 114 valence electrons. The van der Waals surface area contributed by atoms with Crippen molar-refractivity contribution in [2.45, 2.75) is 63.6 Å². The molecule has 2 fully saturated rings. The predicted molar refractivity (Wildman–Crippen MR) is 73.9 cm³/mol. The van der Waals surface area contributed by atoms with E-state index in [1.54, 1.807) is 0 Å². The van der Waals surface area contributed by atoms with Gasteiger partial charge in [-0.05, 0) is 51.4 Å². The molecule has 0 atom stereocenters. The molecule has 0 aromatic carbocycles. The monoisotopic (exact) mass is 292 g/mol. The fraction of sp³-hybridized carbons (Fsp3) is 0.667. The van der Waals surface area contributed by atoms with Crippen LogP contribution in [0.4, 0.5) is 0 Å². The van der Waals surface area contributed by atoms with Gasteiger partial charge in [0.05, 0.1) is 6.33 Å². The summed E-state index contributed by atoms with van der Waals surface area (Å²) in [5.41, 5.74) is 0.134. The molecule has 0 spiro atoms. The van der Waals surface area contributed by atoms with Crippen molar-refractivity contribution in [1.82, 2.24) is 9.97 Å². The Morgan fingerprint density at radius 2 is 1.48 bits per heavy atom. The number of H-pyrrole nitrogens is 1. The number of aromatic amines is 1. The summed E-state index contributed by atoms with van der Waals surface area (Å²) in [5.74, 6) is -1.06. The zero-order valence-corrected chi connectivity index (χ0v) is 12.0. The minimum atomic E-state index is -0.540. The van der Waals surface area contributed by atoms with Gasteiger partial charge in [0.15, 0.2) is 11.4 Å². The smallest absolute Gasteiger partial charge is 0.359 e. The highest BCUT2D eigenvalue weighted by Crippen LogP contribution is 2.24. The van der Waals surface area contributed by atoms with E-state index in [4.69, 9.17) is 9.47 Å². The highest BCUT2D eigenvalue weighted by Gasteiger charge is 2.28. The summed E-state index contributed by atoms with van der Waals surface area (Å²) in [6, 6.07) is 0. The number of nitrogens with zero attached hydrogens (tertiary/aromatic N) is 1. The number of imidazole rings is 1. The van der Waals surface area contributed by atoms with Crippen molar-refractivity contribution in [2.75, 3.05) is 0 Å². The van der Waals surface area contributed by atoms with Crippen LogP contribution in [0.2, 0.25) is 0 Å². The van der Waals surface area contributed by atoms with Crippen LogP contribution < -0.4 is 0 Å². The van der Waals surface area contributed by atoms with Crippen LogP contribution in [0.3, 0.4) is 0 Å². The highest BCUT2D eigenvalue weighted by molar-refractivity contribution is 6.00. The third-order valence-corrected chi connectivity index (χ3v) is 4.19. The van der Waals surface area contributed by atoms with Crippen molar-refractivity contribution in [3.05, 3.63) is 17.7 Å². The molecule has 0 radical (unpaired) electrons. The molecule has 1 aromatic rings. The first-order valence-electron chi connectivity index (χ1n) is 7.69. The van der Waals surface area contributed by atoms with Gasteiger partial charge in [-0.3, -0.25) is 0 Å². The number of ether oxygens (including phenoxy) is 2. The van der Waals surface area contributed by atoms with Gasteiger partial charge in [-0.2, -0.15) is 0 Å². The van der Waals surface area contributed by atoms with Crippen molar-refractivity contribution in [3.8, 4) is 0 Å². The van der Waals surface area contributed by atoms with E-state index in [2.05, 4.69) is 9.97 Å².